The van der Waals surface area contributed by atoms with Gasteiger partial charge in [-0.25, -0.2) is 0 Å². The van der Waals surface area contributed by atoms with Crippen LogP contribution in [0.1, 0.15) is 21.5 Å². The van der Waals surface area contributed by atoms with Gasteiger partial charge in [-0.15, -0.1) is 0 Å². The summed E-state index contributed by atoms with van der Waals surface area (Å²) in [7, 11) is 2.05. The minimum atomic E-state index is -0.0892. The number of likely N-dealkylation sites (N-methyl/N-ethyl adjacent to an activating group) is 1. The molecule has 0 fully saturated rings. The van der Waals surface area contributed by atoms with Crippen molar-refractivity contribution in [3.8, 4) is 11.4 Å². The average molecular weight is 350 g/mol. The van der Waals surface area contributed by atoms with Crippen LogP contribution >= 0.6 is 0 Å². The Kier molecular flexibility index (Phi) is 5.76. The predicted molar refractivity (Wildman–Crippen MR) is 99.6 cm³/mol. The molecular formula is C20H22N4O2. The number of benzene rings is 2. The average Bonchev–Trinajstić information content (AvgIpc) is 3.16. The van der Waals surface area contributed by atoms with Crippen LogP contribution in [0.5, 0.6) is 0 Å². The molecule has 0 unspecified atom stereocenters. The summed E-state index contributed by atoms with van der Waals surface area (Å²) >= 11 is 0. The molecular weight excluding hydrogens is 328 g/mol. The predicted octanol–water partition coefficient (Wildman–Crippen LogP) is 2.91. The molecule has 134 valence electrons. The lowest BCUT2D eigenvalue weighted by atomic mass is 10.1. The number of aromatic nitrogens is 2. The highest BCUT2D eigenvalue weighted by Gasteiger charge is 2.08. The van der Waals surface area contributed by atoms with Crippen molar-refractivity contribution in [2.24, 2.45) is 0 Å². The number of amides is 1. The maximum absolute atomic E-state index is 12.2. The lowest BCUT2D eigenvalue weighted by Crippen LogP contribution is -2.32. The third-order valence-electron chi connectivity index (χ3n) is 4.08. The zero-order valence-corrected chi connectivity index (χ0v) is 15.0. The van der Waals surface area contributed by atoms with E-state index in [4.69, 9.17) is 4.52 Å². The molecule has 3 aromatic rings. The van der Waals surface area contributed by atoms with Gasteiger partial charge < -0.3 is 14.7 Å². The van der Waals surface area contributed by atoms with E-state index in [1.165, 1.54) is 17.5 Å². The maximum atomic E-state index is 12.2. The third-order valence-corrected chi connectivity index (χ3v) is 4.08. The summed E-state index contributed by atoms with van der Waals surface area (Å²) in [5.41, 5.74) is 3.95. The smallest absolute Gasteiger partial charge is 0.251 e. The maximum Gasteiger partial charge on any atom is 0.251 e. The molecule has 2 aromatic carbocycles. The van der Waals surface area contributed by atoms with E-state index in [0.29, 0.717) is 17.9 Å². The molecule has 0 bridgehead atoms. The second-order valence-electron chi connectivity index (χ2n) is 6.31. The number of nitrogens with zero attached hydrogens (tertiary/aromatic N) is 3. The Morgan fingerprint density at radius 2 is 2.00 bits per heavy atom. The van der Waals surface area contributed by atoms with Crippen molar-refractivity contribution >= 4 is 5.91 Å². The van der Waals surface area contributed by atoms with Crippen molar-refractivity contribution in [2.45, 2.75) is 13.5 Å². The van der Waals surface area contributed by atoms with E-state index in [9.17, 15) is 4.79 Å². The first-order chi connectivity index (χ1) is 12.6. The fourth-order valence-electron chi connectivity index (χ4n) is 2.73. The fourth-order valence-corrected chi connectivity index (χ4v) is 2.73. The topological polar surface area (TPSA) is 71.3 Å². The van der Waals surface area contributed by atoms with Gasteiger partial charge in [-0.05, 0) is 31.7 Å². The number of carbonyl (C=O) groups is 1. The van der Waals surface area contributed by atoms with Gasteiger partial charge in [-0.3, -0.25) is 4.79 Å². The zero-order valence-electron chi connectivity index (χ0n) is 15.0. The minimum Gasteiger partial charge on any atom is -0.351 e. The van der Waals surface area contributed by atoms with Crippen LogP contribution in [0.25, 0.3) is 11.4 Å². The van der Waals surface area contributed by atoms with Gasteiger partial charge in [0.2, 0.25) is 12.2 Å². The van der Waals surface area contributed by atoms with E-state index in [1.807, 2.05) is 19.2 Å². The minimum absolute atomic E-state index is 0.0892. The highest BCUT2D eigenvalue weighted by atomic mass is 16.5. The normalized spacial score (nSPS) is 10.9. The van der Waals surface area contributed by atoms with Crippen LogP contribution in [0, 0.1) is 6.92 Å². The summed E-state index contributed by atoms with van der Waals surface area (Å²) in [5.74, 6) is 0.420. The van der Waals surface area contributed by atoms with Gasteiger partial charge in [0, 0.05) is 30.8 Å². The molecule has 0 radical (unpaired) electrons. The number of hydrogen-bond donors (Lipinski definition) is 1. The van der Waals surface area contributed by atoms with Gasteiger partial charge in [0.15, 0.2) is 0 Å². The molecule has 3 rings (SSSR count). The van der Waals surface area contributed by atoms with E-state index < -0.39 is 0 Å². The van der Waals surface area contributed by atoms with Crippen LogP contribution < -0.4 is 5.32 Å². The third kappa shape index (κ3) is 4.77. The Balaban J connectivity index is 1.46. The van der Waals surface area contributed by atoms with E-state index in [2.05, 4.69) is 51.5 Å². The molecule has 6 nitrogen and oxygen atoms in total. The van der Waals surface area contributed by atoms with Gasteiger partial charge in [0.25, 0.3) is 5.91 Å². The van der Waals surface area contributed by atoms with Gasteiger partial charge in [-0.1, -0.05) is 47.1 Å². The van der Waals surface area contributed by atoms with Crippen molar-refractivity contribution in [3.05, 3.63) is 71.6 Å². The van der Waals surface area contributed by atoms with Gasteiger partial charge in [-0.2, -0.15) is 4.98 Å². The molecule has 0 spiro atoms. The Labute approximate surface area is 152 Å². The van der Waals surface area contributed by atoms with Crippen LogP contribution in [0.4, 0.5) is 0 Å². The van der Waals surface area contributed by atoms with Crippen LogP contribution in [0.3, 0.4) is 0 Å². The summed E-state index contributed by atoms with van der Waals surface area (Å²) in [4.78, 5) is 18.4. The van der Waals surface area contributed by atoms with E-state index >= 15 is 0 Å². The first-order valence-corrected chi connectivity index (χ1v) is 8.51. The molecule has 0 saturated heterocycles. The van der Waals surface area contributed by atoms with Crippen molar-refractivity contribution in [1.82, 2.24) is 20.4 Å². The quantitative estimate of drug-likeness (QED) is 0.709. The summed E-state index contributed by atoms with van der Waals surface area (Å²) < 4.78 is 4.73. The molecule has 1 N–H and O–H groups in total. The highest BCUT2D eigenvalue weighted by molar-refractivity contribution is 5.94. The molecule has 0 aliphatic rings. The summed E-state index contributed by atoms with van der Waals surface area (Å²) in [5, 5.41) is 6.73. The molecule has 26 heavy (non-hydrogen) atoms. The molecule has 0 saturated carbocycles. The molecule has 6 heteroatoms. The monoisotopic (exact) mass is 350 g/mol. The summed E-state index contributed by atoms with van der Waals surface area (Å²) in [6.07, 6.45) is 1.28. The summed E-state index contributed by atoms with van der Waals surface area (Å²) in [6.45, 7) is 4.32. The lowest BCUT2D eigenvalue weighted by Gasteiger charge is -2.17. The molecule has 1 heterocycles. The van der Waals surface area contributed by atoms with Crippen molar-refractivity contribution in [1.29, 1.82) is 0 Å². The molecule has 1 aromatic heterocycles. The first kappa shape index (κ1) is 17.8. The Bertz CT molecular complexity index is 845. The van der Waals surface area contributed by atoms with Crippen LogP contribution in [0.15, 0.2) is 59.4 Å². The Morgan fingerprint density at radius 1 is 1.19 bits per heavy atom. The number of nitrogens with one attached hydrogen (secondary N) is 1. The van der Waals surface area contributed by atoms with Crippen molar-refractivity contribution in [2.75, 3.05) is 20.1 Å². The fraction of sp³-hybridized carbons (Fsp3) is 0.250. The van der Waals surface area contributed by atoms with Crippen LogP contribution in [-0.4, -0.2) is 41.1 Å². The second-order valence-corrected chi connectivity index (χ2v) is 6.31. The highest BCUT2D eigenvalue weighted by Crippen LogP contribution is 2.15. The lowest BCUT2D eigenvalue weighted by molar-refractivity contribution is 0.0949. The van der Waals surface area contributed by atoms with E-state index in [1.54, 1.807) is 12.1 Å². The van der Waals surface area contributed by atoms with Crippen molar-refractivity contribution < 1.29 is 9.32 Å². The van der Waals surface area contributed by atoms with Crippen LogP contribution in [-0.2, 0) is 6.54 Å². The van der Waals surface area contributed by atoms with E-state index in [0.717, 1.165) is 18.7 Å². The number of rotatable bonds is 7. The summed E-state index contributed by atoms with van der Waals surface area (Å²) in [6, 6.07) is 15.6. The molecule has 0 atom stereocenters. The second kappa shape index (κ2) is 8.40. The van der Waals surface area contributed by atoms with Crippen molar-refractivity contribution in [3.63, 3.8) is 0 Å². The molecule has 1 amide bonds. The SMILES string of the molecule is Cc1cccc(CN(C)CCNC(=O)c2ccc(-c3ncon3)cc2)c1. The number of hydrogen-bond acceptors (Lipinski definition) is 5. The number of aryl methyl sites for hydroxylation is 1. The standard InChI is InChI=1S/C20H22N4O2/c1-15-4-3-5-16(12-15)13-24(2)11-10-21-20(25)18-8-6-17(7-9-18)19-22-14-26-23-19/h3-9,12,14H,10-11,13H2,1-2H3,(H,21,25). The number of carbonyl (C=O) groups excluding carboxylic acids is 1. The van der Waals surface area contributed by atoms with Gasteiger partial charge in [0.1, 0.15) is 0 Å². The Hall–Kier alpha value is -2.99. The molecule has 0 aliphatic carbocycles. The van der Waals surface area contributed by atoms with E-state index in [-0.39, 0.29) is 5.91 Å². The molecule has 0 aliphatic heterocycles. The van der Waals surface area contributed by atoms with Gasteiger partial charge in [0.05, 0.1) is 0 Å². The van der Waals surface area contributed by atoms with Gasteiger partial charge >= 0.3 is 0 Å². The van der Waals surface area contributed by atoms with Crippen LogP contribution in [0.2, 0.25) is 0 Å². The zero-order chi connectivity index (χ0) is 18.4. The Morgan fingerprint density at radius 3 is 2.69 bits per heavy atom. The first-order valence-electron chi connectivity index (χ1n) is 8.51. The largest absolute Gasteiger partial charge is 0.351 e.